The van der Waals surface area contributed by atoms with Gasteiger partial charge >= 0.3 is 62.1 Å². The molecule has 0 aromatic carbocycles. The molecule has 10 nitrogen and oxygen atoms in total. The van der Waals surface area contributed by atoms with Crippen molar-refractivity contribution in [1.29, 1.82) is 0 Å². The molecular formula is C4H2Cr2F12N2O8S4. The van der Waals surface area contributed by atoms with Gasteiger partial charge in [-0.05, 0) is 0 Å². The van der Waals surface area contributed by atoms with E-state index in [1.807, 2.05) is 0 Å². The second kappa shape index (κ2) is 11.1. The van der Waals surface area contributed by atoms with Crippen molar-refractivity contribution >= 4 is 40.1 Å². The molecule has 0 fully saturated rings. The van der Waals surface area contributed by atoms with Gasteiger partial charge in [-0.3, -0.25) is 0 Å². The summed E-state index contributed by atoms with van der Waals surface area (Å²) in [4.78, 5) is 0. The Morgan fingerprint density at radius 3 is 0.500 bits per heavy atom. The Labute approximate surface area is 191 Å². The van der Waals surface area contributed by atoms with E-state index in [4.69, 9.17) is 0 Å². The molecular weight excluding hydrogens is 664 g/mol. The summed E-state index contributed by atoms with van der Waals surface area (Å²) >= 11 is 0. The van der Waals surface area contributed by atoms with E-state index in [-0.39, 0.29) is 34.7 Å². The van der Waals surface area contributed by atoms with Gasteiger partial charge in [-0.2, -0.15) is 52.7 Å². The molecule has 0 radical (unpaired) electrons. The summed E-state index contributed by atoms with van der Waals surface area (Å²) in [5.74, 6) is 0. The van der Waals surface area contributed by atoms with Crippen molar-refractivity contribution in [2.75, 3.05) is 0 Å². The number of rotatable bonds is 4. The number of halogens is 12. The Morgan fingerprint density at radius 1 is 0.344 bits per heavy atom. The fourth-order valence-electron chi connectivity index (χ4n) is 0.478. The predicted octanol–water partition coefficient (Wildman–Crippen LogP) is 0.545. The molecule has 0 rings (SSSR count). The van der Waals surface area contributed by atoms with E-state index in [0.29, 0.717) is 0 Å². The molecule has 0 spiro atoms. The van der Waals surface area contributed by atoms with Crippen LogP contribution >= 0.6 is 0 Å². The van der Waals surface area contributed by atoms with Crippen LogP contribution in [0.25, 0.3) is 0 Å². The average Bonchev–Trinajstić information content (AvgIpc) is 2.30. The first-order chi connectivity index (χ1) is 12.4. The van der Waals surface area contributed by atoms with Crippen LogP contribution in [-0.2, 0) is 74.8 Å². The maximum absolute atomic E-state index is 11.5. The molecule has 28 heteroatoms. The van der Waals surface area contributed by atoms with E-state index >= 15 is 0 Å². The summed E-state index contributed by atoms with van der Waals surface area (Å²) < 4.78 is 217. The van der Waals surface area contributed by atoms with Crippen LogP contribution in [0.15, 0.2) is 0 Å². The minimum absolute atomic E-state index is 0. The zero-order valence-electron chi connectivity index (χ0n) is 13.3. The maximum Gasteiger partial charge on any atom is 0.512 e. The summed E-state index contributed by atoms with van der Waals surface area (Å²) in [6, 6.07) is 0. The monoisotopic (exact) mass is 666 g/mol. The van der Waals surface area contributed by atoms with Crippen LogP contribution in [0.4, 0.5) is 52.7 Å². The summed E-state index contributed by atoms with van der Waals surface area (Å²) in [5.41, 5.74) is -24.6. The van der Waals surface area contributed by atoms with Gasteiger partial charge in [0.1, 0.15) is 0 Å². The predicted molar refractivity (Wildman–Crippen MR) is 66.2 cm³/mol. The topological polar surface area (TPSA) is 161 Å². The third-order valence-electron chi connectivity index (χ3n) is 1.66. The van der Waals surface area contributed by atoms with E-state index < -0.39 is 70.4 Å². The van der Waals surface area contributed by atoms with Crippen LogP contribution in [0.5, 0.6) is 0 Å². The molecule has 0 aliphatic rings. The van der Waals surface area contributed by atoms with Gasteiger partial charge < -0.3 is 0 Å². The maximum atomic E-state index is 11.5. The van der Waals surface area contributed by atoms with E-state index in [9.17, 15) is 86.4 Å². The van der Waals surface area contributed by atoms with Crippen molar-refractivity contribution in [2.45, 2.75) is 22.0 Å². The minimum atomic E-state index is -6.60. The van der Waals surface area contributed by atoms with Gasteiger partial charge in [-0.25, -0.2) is 33.7 Å². The largest absolute Gasteiger partial charge is 0.512 e. The first kappa shape index (κ1) is 39.2. The van der Waals surface area contributed by atoms with Gasteiger partial charge in [0.05, 0.1) is 0 Å². The van der Waals surface area contributed by atoms with Gasteiger partial charge in [0.15, 0.2) is 0 Å². The van der Waals surface area contributed by atoms with Crippen molar-refractivity contribution in [3.8, 4) is 0 Å². The van der Waals surface area contributed by atoms with Crippen molar-refractivity contribution < 1.29 is 121 Å². The summed E-state index contributed by atoms with van der Waals surface area (Å²) in [6.07, 6.45) is 0. The fraction of sp³-hybridized carbons (Fsp3) is 1.00. The average molecular weight is 666 g/mol. The zero-order valence-corrected chi connectivity index (χ0v) is 19.1. The van der Waals surface area contributed by atoms with Crippen molar-refractivity contribution in [2.24, 2.45) is 0 Å². The molecule has 0 saturated carbocycles. The Bertz CT molecular complexity index is 866. The van der Waals surface area contributed by atoms with Gasteiger partial charge in [-0.1, -0.05) is 8.25 Å². The molecule has 0 atom stereocenters. The van der Waals surface area contributed by atoms with E-state index in [1.165, 1.54) is 0 Å². The third-order valence-corrected chi connectivity index (χ3v) is 7.61. The fourth-order valence-corrected chi connectivity index (χ4v) is 4.30. The number of alkyl halides is 12. The molecule has 196 valence electrons. The Morgan fingerprint density at radius 2 is 0.438 bits per heavy atom. The van der Waals surface area contributed by atoms with Gasteiger partial charge in [-0.15, -0.1) is 0 Å². The molecule has 0 unspecified atom stereocenters. The number of nitrogens with one attached hydrogen (secondary N) is 2. The smallest absolute Gasteiger partial charge is 0.202 e. The third kappa shape index (κ3) is 10.9. The molecule has 2 N–H and O–H groups in total. The summed E-state index contributed by atoms with van der Waals surface area (Å²) in [6.45, 7) is 0. The van der Waals surface area contributed by atoms with Gasteiger partial charge in [0.25, 0.3) is 0 Å². The molecule has 0 aliphatic heterocycles. The van der Waals surface area contributed by atoms with Gasteiger partial charge in [0.2, 0.25) is 0 Å². The number of hydrogen-bond acceptors (Lipinski definition) is 8. The van der Waals surface area contributed by atoms with Crippen molar-refractivity contribution in [3.63, 3.8) is 0 Å². The second-order valence-electron chi connectivity index (χ2n) is 3.96. The second-order valence-corrected chi connectivity index (χ2v) is 11.2. The minimum Gasteiger partial charge on any atom is -0.202 e. The van der Waals surface area contributed by atoms with Crippen molar-refractivity contribution in [3.05, 3.63) is 0 Å². The first-order valence-corrected chi connectivity index (χ1v) is 11.2. The van der Waals surface area contributed by atoms with Crippen LogP contribution in [-0.4, -0.2) is 55.7 Å². The molecule has 0 bridgehead atoms. The molecule has 0 aromatic heterocycles. The van der Waals surface area contributed by atoms with Crippen LogP contribution in [0, 0.1) is 0 Å². The molecule has 0 saturated heterocycles. The number of hydrogen-bond donors (Lipinski definition) is 2. The summed E-state index contributed by atoms with van der Waals surface area (Å²) in [5, 5.41) is 0. The Balaban J connectivity index is -0.000000231. The number of sulfonamides is 4. The molecule has 32 heavy (non-hydrogen) atoms. The molecule has 0 aromatic rings. The van der Waals surface area contributed by atoms with Crippen LogP contribution in [0.2, 0.25) is 0 Å². The standard InChI is InChI=1S/2C2HF6NO4S2.2Cr/c2*3-1(4,5)14(10,11)9-15(12,13)2(6,7)8;;/h2*9H;;. The van der Waals surface area contributed by atoms with Crippen LogP contribution in [0.3, 0.4) is 0 Å². The Kier molecular flexibility index (Phi) is 13.6. The quantitative estimate of drug-likeness (QED) is 0.412. The van der Waals surface area contributed by atoms with Crippen LogP contribution in [0.1, 0.15) is 0 Å². The molecule has 0 aliphatic carbocycles. The van der Waals surface area contributed by atoms with Crippen molar-refractivity contribution in [1.82, 2.24) is 8.25 Å². The summed E-state index contributed by atoms with van der Waals surface area (Å²) in [7, 11) is -26.4. The van der Waals surface area contributed by atoms with Gasteiger partial charge in [0, 0.05) is 34.7 Å². The van der Waals surface area contributed by atoms with E-state index in [0.717, 1.165) is 0 Å². The Hall–Kier alpha value is -0.0551. The molecule has 0 heterocycles. The first-order valence-electron chi connectivity index (χ1n) is 5.23. The van der Waals surface area contributed by atoms with Crippen LogP contribution < -0.4 is 8.25 Å². The zero-order chi connectivity index (χ0) is 25.4. The van der Waals surface area contributed by atoms with E-state index in [1.54, 1.807) is 0 Å². The SMILES string of the molecule is O=S(=O)(NS(=O)(=O)C(F)(F)F)C(F)(F)F.O=S(=O)(NS(=O)(=O)C(F)(F)F)C(F)(F)F.[Cr].[Cr]. The molecule has 0 amide bonds. The normalized spacial score (nSPS) is 14.4. The van der Waals surface area contributed by atoms with E-state index in [2.05, 4.69) is 0 Å².